The topological polar surface area (TPSA) is 78.8 Å². The Hall–Kier alpha value is -1.87. The van der Waals surface area contributed by atoms with Crippen molar-refractivity contribution in [2.24, 2.45) is 4.99 Å². The fourth-order valence-corrected chi connectivity index (χ4v) is 2.64. The van der Waals surface area contributed by atoms with Crippen LogP contribution in [0, 0.1) is 6.92 Å². The van der Waals surface area contributed by atoms with E-state index >= 15 is 0 Å². The number of hydrogen-bond acceptors (Lipinski definition) is 4. The highest BCUT2D eigenvalue weighted by atomic mass is 127. The first kappa shape index (κ1) is 25.2. The third-order valence-corrected chi connectivity index (χ3v) is 4.08. The number of ether oxygens (including phenoxy) is 1. The Kier molecular flexibility index (Phi) is 11.6. The van der Waals surface area contributed by atoms with E-state index in [-0.39, 0.29) is 36.6 Å². The summed E-state index contributed by atoms with van der Waals surface area (Å²) in [5, 5.41) is 16.9. The normalized spacial score (nSPS) is 12.3. The second-order valence-corrected chi connectivity index (χ2v) is 6.96. The van der Waals surface area contributed by atoms with E-state index in [2.05, 4.69) is 26.7 Å². The van der Waals surface area contributed by atoms with Gasteiger partial charge < -0.3 is 20.5 Å². The number of guanidine groups is 1. The van der Waals surface area contributed by atoms with Crippen molar-refractivity contribution in [3.05, 3.63) is 59.4 Å². The maximum Gasteiger partial charge on any atom is 0.191 e. The van der Waals surface area contributed by atoms with Gasteiger partial charge in [0.05, 0.1) is 18.8 Å². The minimum atomic E-state index is -0.662. The second-order valence-electron chi connectivity index (χ2n) is 6.96. The van der Waals surface area contributed by atoms with Crippen molar-refractivity contribution in [2.75, 3.05) is 19.6 Å². The molecule has 0 saturated carbocycles. The van der Waals surface area contributed by atoms with Gasteiger partial charge in [-0.1, -0.05) is 18.2 Å². The molecular weight excluding hydrogens is 479 g/mol. The molecule has 1 aromatic carbocycles. The van der Waals surface area contributed by atoms with E-state index in [1.165, 1.54) is 5.56 Å². The van der Waals surface area contributed by atoms with Gasteiger partial charge in [0.25, 0.3) is 0 Å². The number of nitrogens with zero attached hydrogens (tertiary/aromatic N) is 2. The Morgan fingerprint density at radius 1 is 1.14 bits per heavy atom. The highest BCUT2D eigenvalue weighted by Crippen LogP contribution is 2.19. The van der Waals surface area contributed by atoms with Crippen LogP contribution in [0.5, 0.6) is 5.75 Å². The zero-order valence-electron chi connectivity index (χ0n) is 17.7. The third-order valence-electron chi connectivity index (χ3n) is 4.08. The first-order chi connectivity index (χ1) is 13.5. The largest absolute Gasteiger partial charge is 0.491 e. The maximum absolute atomic E-state index is 10.4. The van der Waals surface area contributed by atoms with Crippen LogP contribution in [0.1, 0.15) is 43.7 Å². The van der Waals surface area contributed by atoms with Crippen LogP contribution < -0.4 is 15.4 Å². The Bertz CT molecular complexity index is 733. The SMILES string of the molecule is CCNC(=NCC(O)c1ccc(OC(C)C)cc1)NCCc1ccc(C)nc1.I. The zero-order chi connectivity index (χ0) is 20.4. The molecule has 0 spiro atoms. The summed E-state index contributed by atoms with van der Waals surface area (Å²) in [7, 11) is 0. The van der Waals surface area contributed by atoms with Gasteiger partial charge in [0, 0.05) is 25.0 Å². The number of benzene rings is 1. The van der Waals surface area contributed by atoms with Crippen molar-refractivity contribution >= 4 is 29.9 Å². The molecule has 160 valence electrons. The third kappa shape index (κ3) is 9.45. The van der Waals surface area contributed by atoms with E-state index in [1.807, 2.05) is 64.2 Å². The first-order valence-corrected chi connectivity index (χ1v) is 9.86. The summed E-state index contributed by atoms with van der Waals surface area (Å²) in [4.78, 5) is 8.82. The van der Waals surface area contributed by atoms with Gasteiger partial charge in [-0.05, 0) is 63.4 Å². The van der Waals surface area contributed by atoms with Crippen molar-refractivity contribution in [3.63, 3.8) is 0 Å². The Labute approximate surface area is 191 Å². The van der Waals surface area contributed by atoms with Crippen molar-refractivity contribution in [2.45, 2.75) is 46.3 Å². The number of rotatable bonds is 9. The van der Waals surface area contributed by atoms with Gasteiger partial charge in [0.1, 0.15) is 5.75 Å². The number of aliphatic hydroxyl groups is 1. The monoisotopic (exact) mass is 512 g/mol. The summed E-state index contributed by atoms with van der Waals surface area (Å²) >= 11 is 0. The molecule has 0 amide bonds. The van der Waals surface area contributed by atoms with E-state index in [1.54, 1.807) is 0 Å². The molecule has 0 aliphatic rings. The fraction of sp³-hybridized carbons (Fsp3) is 0.455. The Morgan fingerprint density at radius 2 is 1.86 bits per heavy atom. The molecule has 0 aliphatic carbocycles. The number of aromatic nitrogens is 1. The second kappa shape index (κ2) is 13.4. The molecule has 7 heteroatoms. The molecule has 3 N–H and O–H groups in total. The molecule has 0 fully saturated rings. The molecule has 2 aromatic rings. The lowest BCUT2D eigenvalue weighted by molar-refractivity contribution is 0.186. The molecule has 1 unspecified atom stereocenters. The van der Waals surface area contributed by atoms with Crippen molar-refractivity contribution in [1.82, 2.24) is 15.6 Å². The van der Waals surface area contributed by atoms with Gasteiger partial charge in [-0.3, -0.25) is 9.98 Å². The highest BCUT2D eigenvalue weighted by Gasteiger charge is 2.08. The zero-order valence-corrected chi connectivity index (χ0v) is 20.0. The maximum atomic E-state index is 10.4. The van der Waals surface area contributed by atoms with Crippen molar-refractivity contribution in [1.29, 1.82) is 0 Å². The van der Waals surface area contributed by atoms with Gasteiger partial charge in [-0.15, -0.1) is 24.0 Å². The summed E-state index contributed by atoms with van der Waals surface area (Å²) in [6, 6.07) is 11.6. The average Bonchev–Trinajstić information content (AvgIpc) is 2.67. The molecule has 29 heavy (non-hydrogen) atoms. The molecule has 1 heterocycles. The van der Waals surface area contributed by atoms with Crippen LogP contribution in [-0.2, 0) is 6.42 Å². The smallest absolute Gasteiger partial charge is 0.191 e. The summed E-state index contributed by atoms with van der Waals surface area (Å²) in [6.07, 6.45) is 2.23. The summed E-state index contributed by atoms with van der Waals surface area (Å²) in [5.41, 5.74) is 3.02. The Balaban J connectivity index is 0.00000420. The van der Waals surface area contributed by atoms with E-state index in [0.29, 0.717) is 5.96 Å². The number of aliphatic hydroxyl groups excluding tert-OH is 1. The quantitative estimate of drug-likeness (QED) is 0.272. The summed E-state index contributed by atoms with van der Waals surface area (Å²) in [6.45, 7) is 9.76. The predicted octanol–water partition coefficient (Wildman–Crippen LogP) is 3.63. The van der Waals surface area contributed by atoms with Crippen LogP contribution in [0.25, 0.3) is 0 Å². The molecule has 0 bridgehead atoms. The van der Waals surface area contributed by atoms with Crippen LogP contribution in [-0.4, -0.2) is 41.8 Å². The summed E-state index contributed by atoms with van der Waals surface area (Å²) in [5.74, 6) is 1.50. The van der Waals surface area contributed by atoms with Crippen molar-refractivity contribution in [3.8, 4) is 5.75 Å². The minimum Gasteiger partial charge on any atom is -0.491 e. The molecule has 2 rings (SSSR count). The van der Waals surface area contributed by atoms with Crippen molar-refractivity contribution < 1.29 is 9.84 Å². The molecule has 6 nitrogen and oxygen atoms in total. The highest BCUT2D eigenvalue weighted by molar-refractivity contribution is 14.0. The van der Waals surface area contributed by atoms with Gasteiger partial charge in [-0.2, -0.15) is 0 Å². The molecule has 1 atom stereocenters. The molecular formula is C22H33IN4O2. The Morgan fingerprint density at radius 3 is 2.45 bits per heavy atom. The molecule has 0 aliphatic heterocycles. The van der Waals surface area contributed by atoms with Gasteiger partial charge >= 0.3 is 0 Å². The van der Waals surface area contributed by atoms with Gasteiger partial charge in [-0.25, -0.2) is 0 Å². The number of aryl methyl sites for hydroxylation is 1. The minimum absolute atomic E-state index is 0. The van der Waals surface area contributed by atoms with Crippen LogP contribution in [0.4, 0.5) is 0 Å². The van der Waals surface area contributed by atoms with Crippen LogP contribution >= 0.6 is 24.0 Å². The van der Waals surface area contributed by atoms with E-state index in [9.17, 15) is 5.11 Å². The number of nitrogens with one attached hydrogen (secondary N) is 2. The number of pyridine rings is 1. The molecule has 0 saturated heterocycles. The van der Waals surface area contributed by atoms with Gasteiger partial charge in [0.2, 0.25) is 0 Å². The number of halogens is 1. The molecule has 1 aromatic heterocycles. The van der Waals surface area contributed by atoms with E-state index in [0.717, 1.165) is 36.5 Å². The van der Waals surface area contributed by atoms with Crippen LogP contribution in [0.2, 0.25) is 0 Å². The fourth-order valence-electron chi connectivity index (χ4n) is 2.64. The molecule has 0 radical (unpaired) electrons. The van der Waals surface area contributed by atoms with E-state index in [4.69, 9.17) is 4.74 Å². The number of aliphatic imine (C=N–C) groups is 1. The average molecular weight is 512 g/mol. The lowest BCUT2D eigenvalue weighted by Gasteiger charge is -2.14. The lowest BCUT2D eigenvalue weighted by Crippen LogP contribution is -2.38. The van der Waals surface area contributed by atoms with E-state index < -0.39 is 6.10 Å². The number of hydrogen-bond donors (Lipinski definition) is 3. The lowest BCUT2D eigenvalue weighted by atomic mass is 10.1. The van der Waals surface area contributed by atoms with Crippen LogP contribution in [0.15, 0.2) is 47.6 Å². The predicted molar refractivity (Wildman–Crippen MR) is 129 cm³/mol. The first-order valence-electron chi connectivity index (χ1n) is 9.86. The summed E-state index contributed by atoms with van der Waals surface area (Å²) < 4.78 is 5.63. The standard InChI is InChI=1S/C22H32N4O2.HI/c1-5-23-22(24-13-12-18-7-6-17(4)25-14-18)26-15-21(27)19-8-10-20(11-9-19)28-16(2)3;/h6-11,14,16,21,27H,5,12-13,15H2,1-4H3,(H2,23,24,26);1H. The van der Waals surface area contributed by atoms with Gasteiger partial charge in [0.15, 0.2) is 5.96 Å². The van der Waals surface area contributed by atoms with Crippen LogP contribution in [0.3, 0.4) is 0 Å².